The van der Waals surface area contributed by atoms with Gasteiger partial charge in [-0.2, -0.15) is 13.2 Å². The van der Waals surface area contributed by atoms with E-state index >= 15 is 0 Å². The van der Waals surface area contributed by atoms with Gasteiger partial charge in [0.05, 0.1) is 4.47 Å². The van der Waals surface area contributed by atoms with Crippen LogP contribution in [0.3, 0.4) is 0 Å². The Hall–Kier alpha value is -0.760. The third-order valence-electron chi connectivity index (χ3n) is 2.03. The Morgan fingerprint density at radius 1 is 1.42 bits per heavy atom. The van der Waals surface area contributed by atoms with Gasteiger partial charge >= 0.3 is 6.18 Å². The molecule has 1 amide bonds. The van der Waals surface area contributed by atoms with Crippen LogP contribution in [0, 0.1) is 0 Å². The molecule has 0 bridgehead atoms. The molecule has 0 radical (unpaired) electrons. The molecule has 19 heavy (non-hydrogen) atoms. The molecule has 1 unspecified atom stereocenters. The summed E-state index contributed by atoms with van der Waals surface area (Å²) in [7, 11) is 0. The maximum Gasteiger partial charge on any atom is 0.405 e. The van der Waals surface area contributed by atoms with Crippen LogP contribution in [0.1, 0.15) is 6.92 Å². The van der Waals surface area contributed by atoms with E-state index in [0.29, 0.717) is 10.2 Å². The van der Waals surface area contributed by atoms with E-state index in [1.54, 1.807) is 23.5 Å². The molecule has 0 fully saturated rings. The summed E-state index contributed by atoms with van der Waals surface area (Å²) in [6, 6.07) is 5.00. The van der Waals surface area contributed by atoms with Crippen molar-refractivity contribution in [2.45, 2.75) is 19.2 Å². The number of rotatable bonds is 4. The summed E-state index contributed by atoms with van der Waals surface area (Å²) in [4.78, 5) is 11.4. The molecule has 1 N–H and O–H groups in total. The van der Waals surface area contributed by atoms with Crippen molar-refractivity contribution in [3.05, 3.63) is 27.1 Å². The van der Waals surface area contributed by atoms with Gasteiger partial charge in [-0.15, -0.1) is 0 Å². The quantitative estimate of drug-likeness (QED) is 0.831. The van der Waals surface area contributed by atoms with Crippen molar-refractivity contribution in [1.29, 1.82) is 0 Å². The molecule has 0 aliphatic carbocycles. The van der Waals surface area contributed by atoms with Gasteiger partial charge in [-0.25, -0.2) is 0 Å². The molecule has 8 heteroatoms. The lowest BCUT2D eigenvalue weighted by Gasteiger charge is -2.16. The highest BCUT2D eigenvalue weighted by Gasteiger charge is 2.29. The minimum atomic E-state index is -4.44. The first-order valence-corrected chi connectivity index (χ1v) is 6.74. The van der Waals surface area contributed by atoms with Gasteiger partial charge < -0.3 is 10.1 Å². The van der Waals surface area contributed by atoms with Gasteiger partial charge in [-0.3, -0.25) is 4.79 Å². The lowest BCUT2D eigenvalue weighted by Crippen LogP contribution is -2.41. The second-order valence-electron chi connectivity index (χ2n) is 3.67. The minimum absolute atomic E-state index is 0.373. The second kappa shape index (κ2) is 6.60. The molecule has 1 rings (SSSR count). The van der Waals surface area contributed by atoms with Gasteiger partial charge in [0.15, 0.2) is 6.10 Å². The predicted octanol–water partition coefficient (Wildman–Crippen LogP) is 3.66. The summed E-state index contributed by atoms with van der Waals surface area (Å²) >= 11 is 6.48. The van der Waals surface area contributed by atoms with Crippen molar-refractivity contribution < 1.29 is 22.7 Å². The Balaban J connectivity index is 2.59. The number of nitrogens with one attached hydrogen (secondary N) is 1. The summed E-state index contributed by atoms with van der Waals surface area (Å²) in [5.41, 5.74) is 0. The molecular formula is C11H10Br2F3NO2. The van der Waals surface area contributed by atoms with Gasteiger partial charge in [0.2, 0.25) is 0 Å². The molecule has 0 aliphatic heterocycles. The Bertz CT molecular complexity index is 466. The largest absolute Gasteiger partial charge is 0.480 e. The maximum atomic E-state index is 11.9. The molecule has 1 aromatic rings. The van der Waals surface area contributed by atoms with Gasteiger partial charge in [0.25, 0.3) is 5.91 Å². The minimum Gasteiger partial charge on any atom is -0.480 e. The van der Waals surface area contributed by atoms with E-state index in [4.69, 9.17) is 4.74 Å². The van der Waals surface area contributed by atoms with E-state index in [1.165, 1.54) is 6.92 Å². The molecule has 106 valence electrons. The van der Waals surface area contributed by atoms with Crippen LogP contribution in [0.25, 0.3) is 0 Å². The van der Waals surface area contributed by atoms with Crippen molar-refractivity contribution in [1.82, 2.24) is 5.32 Å². The fourth-order valence-electron chi connectivity index (χ4n) is 1.15. The lowest BCUT2D eigenvalue weighted by atomic mass is 10.3. The third kappa shape index (κ3) is 5.82. The molecule has 0 heterocycles. The predicted molar refractivity (Wildman–Crippen MR) is 71.0 cm³/mol. The number of halogens is 5. The molecule has 0 aromatic heterocycles. The molecule has 3 nitrogen and oxygen atoms in total. The van der Waals surface area contributed by atoms with Crippen molar-refractivity contribution in [3.63, 3.8) is 0 Å². The molecular weight excluding hydrogens is 395 g/mol. The average molecular weight is 405 g/mol. The number of carbonyl (C=O) groups is 1. The smallest absolute Gasteiger partial charge is 0.405 e. The molecule has 1 aromatic carbocycles. The van der Waals surface area contributed by atoms with E-state index in [0.717, 1.165) is 4.47 Å². The van der Waals surface area contributed by atoms with E-state index in [2.05, 4.69) is 31.9 Å². The first kappa shape index (κ1) is 16.3. The fraction of sp³-hybridized carbons (Fsp3) is 0.364. The summed E-state index contributed by atoms with van der Waals surface area (Å²) in [5.74, 6) is -0.454. The third-order valence-corrected chi connectivity index (χ3v) is 3.14. The number of carbonyl (C=O) groups excluding carboxylic acids is 1. The monoisotopic (exact) mass is 403 g/mol. The highest BCUT2D eigenvalue weighted by molar-refractivity contribution is 9.11. The van der Waals surface area contributed by atoms with Crippen molar-refractivity contribution in [3.8, 4) is 5.75 Å². The number of ether oxygens (including phenoxy) is 1. The Morgan fingerprint density at radius 2 is 2.05 bits per heavy atom. The van der Waals surface area contributed by atoms with E-state index < -0.39 is 24.7 Å². The van der Waals surface area contributed by atoms with Crippen molar-refractivity contribution in [2.75, 3.05) is 6.54 Å². The number of amides is 1. The summed E-state index contributed by atoms with van der Waals surface area (Å²) in [5, 5.41) is 1.76. The number of hydrogen-bond acceptors (Lipinski definition) is 2. The Labute approximate surface area is 124 Å². The topological polar surface area (TPSA) is 38.3 Å². The summed E-state index contributed by atoms with van der Waals surface area (Å²) < 4.78 is 42.5. The second-order valence-corrected chi connectivity index (χ2v) is 5.44. The highest BCUT2D eigenvalue weighted by atomic mass is 79.9. The van der Waals surface area contributed by atoms with E-state index in [1.807, 2.05) is 0 Å². The van der Waals surface area contributed by atoms with E-state index in [9.17, 15) is 18.0 Å². The zero-order valence-electron chi connectivity index (χ0n) is 9.72. The summed E-state index contributed by atoms with van der Waals surface area (Å²) in [6.45, 7) is 0.00122. The van der Waals surface area contributed by atoms with Crippen molar-refractivity contribution in [2.24, 2.45) is 0 Å². The van der Waals surface area contributed by atoms with Gasteiger partial charge in [-0.1, -0.05) is 15.9 Å². The number of alkyl halides is 3. The van der Waals surface area contributed by atoms with Crippen LogP contribution >= 0.6 is 31.9 Å². The number of benzene rings is 1. The first-order chi connectivity index (χ1) is 8.69. The zero-order valence-corrected chi connectivity index (χ0v) is 12.9. The van der Waals surface area contributed by atoms with Crippen LogP contribution in [0.2, 0.25) is 0 Å². The lowest BCUT2D eigenvalue weighted by molar-refractivity contribution is -0.142. The molecule has 0 spiro atoms. The van der Waals surface area contributed by atoms with Gasteiger partial charge in [0, 0.05) is 4.47 Å². The Morgan fingerprint density at radius 3 is 2.58 bits per heavy atom. The SMILES string of the molecule is CC(Oc1ccc(Br)cc1Br)C(=O)NCC(F)(F)F. The maximum absolute atomic E-state index is 11.9. The summed E-state index contributed by atoms with van der Waals surface area (Å²) in [6.07, 6.45) is -5.46. The van der Waals surface area contributed by atoms with E-state index in [-0.39, 0.29) is 0 Å². The Kier molecular flexibility index (Phi) is 5.66. The average Bonchev–Trinajstić information content (AvgIpc) is 2.28. The standard InChI is InChI=1S/C11H10Br2F3NO2/c1-6(10(18)17-5-11(14,15)16)19-9-3-2-7(12)4-8(9)13/h2-4,6H,5H2,1H3,(H,17,18). The van der Waals surface area contributed by atoms with Crippen molar-refractivity contribution >= 4 is 37.8 Å². The molecule has 0 aliphatic rings. The number of hydrogen-bond donors (Lipinski definition) is 1. The molecule has 0 saturated carbocycles. The zero-order chi connectivity index (χ0) is 14.6. The normalized spacial score (nSPS) is 12.9. The van der Waals surface area contributed by atoms with Crippen LogP contribution in [0.4, 0.5) is 13.2 Å². The van der Waals surface area contributed by atoms with Crippen LogP contribution in [-0.2, 0) is 4.79 Å². The first-order valence-electron chi connectivity index (χ1n) is 5.15. The fourth-order valence-corrected chi connectivity index (χ4v) is 2.29. The molecule has 0 saturated heterocycles. The highest BCUT2D eigenvalue weighted by Crippen LogP contribution is 2.28. The van der Waals surface area contributed by atoms with Crippen LogP contribution in [0.5, 0.6) is 5.75 Å². The van der Waals surface area contributed by atoms with Gasteiger partial charge in [0.1, 0.15) is 12.3 Å². The molecule has 1 atom stereocenters. The van der Waals surface area contributed by atoms with Gasteiger partial charge in [-0.05, 0) is 41.1 Å². The van der Waals surface area contributed by atoms with Crippen LogP contribution in [0.15, 0.2) is 27.1 Å². The van der Waals surface area contributed by atoms with Crippen LogP contribution in [-0.4, -0.2) is 24.7 Å². The van der Waals surface area contributed by atoms with Crippen LogP contribution < -0.4 is 10.1 Å².